The molecule has 2 aromatic rings. The molecule has 1 aromatic carbocycles. The van der Waals surface area contributed by atoms with Gasteiger partial charge in [-0.15, -0.1) is 5.10 Å². The smallest absolute Gasteiger partial charge is 0.104 e. The fourth-order valence-corrected chi connectivity index (χ4v) is 2.00. The van der Waals surface area contributed by atoms with Crippen LogP contribution in [-0.2, 0) is 6.54 Å². The molecule has 0 bridgehead atoms. The lowest BCUT2D eigenvalue weighted by molar-refractivity contribution is 0.714. The van der Waals surface area contributed by atoms with Gasteiger partial charge in [-0.25, -0.2) is 4.68 Å². The average Bonchev–Trinajstić information content (AvgIpc) is 2.67. The molecule has 0 saturated heterocycles. The minimum atomic E-state index is 0.551. The van der Waals surface area contributed by atoms with Crippen LogP contribution in [0.3, 0.4) is 0 Å². The molecule has 2 rings (SSSR count). The number of rotatable bonds is 3. The molecule has 0 amide bonds. The van der Waals surface area contributed by atoms with Gasteiger partial charge < -0.3 is 5.32 Å². The van der Waals surface area contributed by atoms with E-state index in [0.717, 1.165) is 5.69 Å². The summed E-state index contributed by atoms with van der Waals surface area (Å²) in [5.74, 6) is 0. The Morgan fingerprint density at radius 2 is 2.00 bits per heavy atom. The molecule has 0 aliphatic carbocycles. The van der Waals surface area contributed by atoms with Gasteiger partial charge in [0.25, 0.3) is 0 Å². The highest BCUT2D eigenvalue weighted by molar-refractivity contribution is 6.37. The van der Waals surface area contributed by atoms with E-state index in [-0.39, 0.29) is 0 Å². The second-order valence-electron chi connectivity index (χ2n) is 3.24. The van der Waals surface area contributed by atoms with E-state index in [0.29, 0.717) is 22.3 Å². The van der Waals surface area contributed by atoms with Crippen LogP contribution in [0.15, 0.2) is 24.4 Å². The van der Waals surface area contributed by atoms with Crippen molar-refractivity contribution in [2.75, 3.05) is 7.05 Å². The molecule has 1 N–H and O–H groups in total. The number of para-hydroxylation sites is 1. The van der Waals surface area contributed by atoms with Gasteiger partial charge in [-0.05, 0) is 19.2 Å². The summed E-state index contributed by atoms with van der Waals surface area (Å²) < 4.78 is 1.64. The van der Waals surface area contributed by atoms with Crippen molar-refractivity contribution < 1.29 is 0 Å². The highest BCUT2D eigenvalue weighted by Gasteiger charge is 2.12. The molecule has 4 nitrogen and oxygen atoms in total. The molecule has 0 saturated carbocycles. The zero-order valence-electron chi connectivity index (χ0n) is 8.61. The third-order valence-corrected chi connectivity index (χ3v) is 2.74. The van der Waals surface area contributed by atoms with Crippen molar-refractivity contribution in [1.29, 1.82) is 0 Å². The van der Waals surface area contributed by atoms with Gasteiger partial charge in [0.05, 0.1) is 21.9 Å². The largest absolute Gasteiger partial charge is 0.314 e. The summed E-state index contributed by atoms with van der Waals surface area (Å²) in [5, 5.41) is 12.0. The maximum atomic E-state index is 6.10. The van der Waals surface area contributed by atoms with Gasteiger partial charge in [-0.1, -0.05) is 34.5 Å². The minimum Gasteiger partial charge on any atom is -0.314 e. The normalized spacial score (nSPS) is 10.7. The van der Waals surface area contributed by atoms with Gasteiger partial charge in [0.2, 0.25) is 0 Å². The number of nitrogens with one attached hydrogen (secondary N) is 1. The standard InChI is InChI=1S/C10H10Cl2N4/c1-13-5-7-6-14-15-16(7)10-8(11)3-2-4-9(10)12/h2-4,6,13H,5H2,1H3. The molecule has 0 aliphatic rings. The molecular weight excluding hydrogens is 247 g/mol. The van der Waals surface area contributed by atoms with Gasteiger partial charge in [0.1, 0.15) is 5.69 Å². The summed E-state index contributed by atoms with van der Waals surface area (Å²) >= 11 is 12.2. The van der Waals surface area contributed by atoms with Gasteiger partial charge in [0, 0.05) is 6.54 Å². The van der Waals surface area contributed by atoms with Crippen LogP contribution in [0.4, 0.5) is 0 Å². The van der Waals surface area contributed by atoms with E-state index in [1.807, 2.05) is 7.05 Å². The first-order valence-corrected chi connectivity index (χ1v) is 5.48. The fourth-order valence-electron chi connectivity index (χ4n) is 1.44. The molecule has 0 fully saturated rings. The summed E-state index contributed by atoms with van der Waals surface area (Å²) in [4.78, 5) is 0. The minimum absolute atomic E-state index is 0.551. The lowest BCUT2D eigenvalue weighted by Gasteiger charge is -2.09. The van der Waals surface area contributed by atoms with Crippen LogP contribution in [0, 0.1) is 0 Å². The maximum Gasteiger partial charge on any atom is 0.104 e. The van der Waals surface area contributed by atoms with Crippen molar-refractivity contribution in [3.63, 3.8) is 0 Å². The third kappa shape index (κ3) is 2.04. The van der Waals surface area contributed by atoms with E-state index in [9.17, 15) is 0 Å². The second kappa shape index (κ2) is 4.82. The van der Waals surface area contributed by atoms with Crippen molar-refractivity contribution in [3.8, 4) is 5.69 Å². The summed E-state index contributed by atoms with van der Waals surface area (Å²) in [6.45, 7) is 0.647. The first-order valence-electron chi connectivity index (χ1n) is 4.72. The van der Waals surface area contributed by atoms with Crippen LogP contribution in [0.1, 0.15) is 5.69 Å². The number of nitrogens with zero attached hydrogens (tertiary/aromatic N) is 3. The number of benzene rings is 1. The Balaban J connectivity index is 2.54. The summed E-state index contributed by atoms with van der Waals surface area (Å²) in [6, 6.07) is 5.34. The Bertz CT molecular complexity index is 475. The van der Waals surface area contributed by atoms with Crippen molar-refractivity contribution in [2.24, 2.45) is 0 Å². The molecule has 0 unspecified atom stereocenters. The predicted octanol–water partition coefficient (Wildman–Crippen LogP) is 2.29. The molecular formula is C10H10Cl2N4. The van der Waals surface area contributed by atoms with Crippen LogP contribution < -0.4 is 5.32 Å². The van der Waals surface area contributed by atoms with Crippen LogP contribution in [0.25, 0.3) is 5.69 Å². The van der Waals surface area contributed by atoms with Crippen LogP contribution in [-0.4, -0.2) is 22.0 Å². The highest BCUT2D eigenvalue weighted by Crippen LogP contribution is 2.28. The lowest BCUT2D eigenvalue weighted by atomic mass is 10.3. The number of hydrogen-bond acceptors (Lipinski definition) is 3. The number of aromatic nitrogens is 3. The van der Waals surface area contributed by atoms with E-state index < -0.39 is 0 Å². The molecule has 0 atom stereocenters. The molecule has 0 aliphatic heterocycles. The topological polar surface area (TPSA) is 42.7 Å². The summed E-state index contributed by atoms with van der Waals surface area (Å²) in [6.07, 6.45) is 1.68. The van der Waals surface area contributed by atoms with Gasteiger partial charge in [0.15, 0.2) is 0 Å². The van der Waals surface area contributed by atoms with E-state index >= 15 is 0 Å². The fraction of sp³-hybridized carbons (Fsp3) is 0.200. The third-order valence-electron chi connectivity index (χ3n) is 2.13. The Hall–Kier alpha value is -1.10. The second-order valence-corrected chi connectivity index (χ2v) is 4.05. The SMILES string of the molecule is CNCc1cnnn1-c1c(Cl)cccc1Cl. The zero-order chi connectivity index (χ0) is 11.5. The molecule has 16 heavy (non-hydrogen) atoms. The molecule has 1 heterocycles. The van der Waals surface area contributed by atoms with E-state index in [1.54, 1.807) is 29.1 Å². The zero-order valence-corrected chi connectivity index (χ0v) is 10.1. The van der Waals surface area contributed by atoms with Crippen molar-refractivity contribution >= 4 is 23.2 Å². The van der Waals surface area contributed by atoms with Crippen molar-refractivity contribution in [2.45, 2.75) is 6.54 Å². The first kappa shape index (κ1) is 11.4. The lowest BCUT2D eigenvalue weighted by Crippen LogP contribution is -2.11. The quantitative estimate of drug-likeness (QED) is 0.917. The molecule has 84 valence electrons. The van der Waals surface area contributed by atoms with Crippen LogP contribution in [0.2, 0.25) is 10.0 Å². The van der Waals surface area contributed by atoms with E-state index in [2.05, 4.69) is 15.6 Å². The monoisotopic (exact) mass is 256 g/mol. The molecule has 6 heteroatoms. The van der Waals surface area contributed by atoms with E-state index in [4.69, 9.17) is 23.2 Å². The first-order chi connectivity index (χ1) is 7.74. The van der Waals surface area contributed by atoms with Gasteiger partial charge in [-0.2, -0.15) is 0 Å². The summed E-state index contributed by atoms with van der Waals surface area (Å²) in [7, 11) is 1.85. The summed E-state index contributed by atoms with van der Waals surface area (Å²) in [5.41, 5.74) is 1.56. The molecule has 0 spiro atoms. The molecule has 1 aromatic heterocycles. The predicted molar refractivity (Wildman–Crippen MR) is 64.1 cm³/mol. The van der Waals surface area contributed by atoms with Crippen molar-refractivity contribution in [1.82, 2.24) is 20.3 Å². The molecule has 0 radical (unpaired) electrons. The van der Waals surface area contributed by atoms with Crippen molar-refractivity contribution in [3.05, 3.63) is 40.1 Å². The Kier molecular flexibility index (Phi) is 3.43. The Labute approximate surface area is 103 Å². The number of halogens is 2. The van der Waals surface area contributed by atoms with Gasteiger partial charge in [-0.3, -0.25) is 0 Å². The Morgan fingerprint density at radius 1 is 1.31 bits per heavy atom. The number of hydrogen-bond donors (Lipinski definition) is 1. The van der Waals surface area contributed by atoms with E-state index in [1.165, 1.54) is 0 Å². The Morgan fingerprint density at radius 3 is 2.62 bits per heavy atom. The maximum absolute atomic E-state index is 6.10. The van der Waals surface area contributed by atoms with Crippen LogP contribution in [0.5, 0.6) is 0 Å². The highest BCUT2D eigenvalue weighted by atomic mass is 35.5. The average molecular weight is 257 g/mol. The van der Waals surface area contributed by atoms with Crippen LogP contribution >= 0.6 is 23.2 Å². The van der Waals surface area contributed by atoms with Gasteiger partial charge >= 0.3 is 0 Å².